The third kappa shape index (κ3) is 2.99. The van der Waals surface area contributed by atoms with Gasteiger partial charge >= 0.3 is 0 Å². The summed E-state index contributed by atoms with van der Waals surface area (Å²) in [6.07, 6.45) is 5.36. The number of amides is 1. The lowest BCUT2D eigenvalue weighted by Gasteiger charge is -2.34. The number of piperidine rings is 1. The highest BCUT2D eigenvalue weighted by Crippen LogP contribution is 2.27. The number of nitrogens with zero attached hydrogens (tertiary/aromatic N) is 1. The van der Waals surface area contributed by atoms with Crippen LogP contribution >= 0.6 is 0 Å². The number of rotatable bonds is 3. The van der Waals surface area contributed by atoms with Crippen LogP contribution < -0.4 is 5.73 Å². The molecular formula is C13H24N2O2. The Balaban J connectivity index is 1.90. The molecule has 1 saturated carbocycles. The van der Waals surface area contributed by atoms with Gasteiger partial charge in [0.1, 0.15) is 0 Å². The number of likely N-dealkylation sites (tertiary alicyclic amines) is 1. The van der Waals surface area contributed by atoms with Crippen LogP contribution in [0.2, 0.25) is 0 Å². The van der Waals surface area contributed by atoms with Gasteiger partial charge in [0.15, 0.2) is 0 Å². The quantitative estimate of drug-likeness (QED) is 0.800. The molecule has 0 aromatic rings. The first-order valence-electron chi connectivity index (χ1n) is 6.75. The Hall–Kier alpha value is -0.610. The standard InChI is InChI=1S/C13H24N2O2/c1-17-9-10-4-3-7-15(8-10)13(16)11-5-2-6-12(11)14/h10-12H,2-9,14H2,1H3/t10-,11+,12-/m1/s1. The van der Waals surface area contributed by atoms with Crippen LogP contribution in [0.3, 0.4) is 0 Å². The van der Waals surface area contributed by atoms with Gasteiger partial charge in [0.25, 0.3) is 0 Å². The number of nitrogens with two attached hydrogens (primary N) is 1. The molecule has 2 aliphatic rings. The second kappa shape index (κ2) is 5.83. The Morgan fingerprint density at radius 2 is 2.18 bits per heavy atom. The van der Waals surface area contributed by atoms with Crippen molar-refractivity contribution in [3.8, 4) is 0 Å². The molecule has 1 saturated heterocycles. The average molecular weight is 240 g/mol. The fourth-order valence-electron chi connectivity index (χ4n) is 3.17. The molecule has 0 aromatic carbocycles. The number of hydrogen-bond donors (Lipinski definition) is 1. The average Bonchev–Trinajstić information content (AvgIpc) is 2.75. The van der Waals surface area contributed by atoms with Gasteiger partial charge < -0.3 is 15.4 Å². The van der Waals surface area contributed by atoms with Crippen molar-refractivity contribution in [2.24, 2.45) is 17.6 Å². The summed E-state index contributed by atoms with van der Waals surface area (Å²) in [6.45, 7) is 2.53. The van der Waals surface area contributed by atoms with Crippen molar-refractivity contribution in [2.75, 3.05) is 26.8 Å². The molecule has 2 fully saturated rings. The summed E-state index contributed by atoms with van der Waals surface area (Å²) in [7, 11) is 1.73. The van der Waals surface area contributed by atoms with Crippen LogP contribution in [-0.4, -0.2) is 43.7 Å². The van der Waals surface area contributed by atoms with E-state index in [1.807, 2.05) is 4.90 Å². The summed E-state index contributed by atoms with van der Waals surface area (Å²) >= 11 is 0. The Morgan fingerprint density at radius 1 is 1.35 bits per heavy atom. The maximum absolute atomic E-state index is 12.4. The normalized spacial score (nSPS) is 34.0. The van der Waals surface area contributed by atoms with E-state index in [0.717, 1.165) is 45.4 Å². The van der Waals surface area contributed by atoms with Crippen LogP contribution in [0.15, 0.2) is 0 Å². The highest BCUT2D eigenvalue weighted by atomic mass is 16.5. The molecule has 1 heterocycles. The zero-order valence-corrected chi connectivity index (χ0v) is 10.7. The highest BCUT2D eigenvalue weighted by Gasteiger charge is 2.34. The lowest BCUT2D eigenvalue weighted by atomic mass is 9.96. The summed E-state index contributed by atoms with van der Waals surface area (Å²) < 4.78 is 5.19. The SMILES string of the molecule is COC[C@@H]1CCCN(C(=O)[C@H]2CCC[C@H]2N)C1. The van der Waals surface area contributed by atoms with E-state index in [-0.39, 0.29) is 17.9 Å². The molecule has 0 bridgehead atoms. The van der Waals surface area contributed by atoms with Gasteiger partial charge in [-0.15, -0.1) is 0 Å². The second-order valence-corrected chi connectivity index (χ2v) is 5.45. The van der Waals surface area contributed by atoms with Gasteiger partial charge in [0.2, 0.25) is 5.91 Å². The Bertz CT molecular complexity index is 268. The van der Waals surface area contributed by atoms with E-state index in [0.29, 0.717) is 5.92 Å². The van der Waals surface area contributed by atoms with Crippen molar-refractivity contribution in [1.29, 1.82) is 0 Å². The zero-order valence-electron chi connectivity index (χ0n) is 10.7. The third-order valence-corrected chi connectivity index (χ3v) is 4.12. The number of ether oxygens (including phenoxy) is 1. The minimum absolute atomic E-state index is 0.0799. The van der Waals surface area contributed by atoms with Crippen LogP contribution in [0.1, 0.15) is 32.1 Å². The molecule has 0 radical (unpaired) electrons. The molecule has 2 rings (SSSR count). The van der Waals surface area contributed by atoms with Crippen molar-refractivity contribution in [2.45, 2.75) is 38.1 Å². The number of carbonyl (C=O) groups excluding carboxylic acids is 1. The van der Waals surface area contributed by atoms with Gasteiger partial charge in [-0.2, -0.15) is 0 Å². The van der Waals surface area contributed by atoms with Gasteiger partial charge in [0.05, 0.1) is 12.5 Å². The third-order valence-electron chi connectivity index (χ3n) is 4.12. The fraction of sp³-hybridized carbons (Fsp3) is 0.923. The van der Waals surface area contributed by atoms with Crippen LogP contribution in [0.4, 0.5) is 0 Å². The smallest absolute Gasteiger partial charge is 0.227 e. The van der Waals surface area contributed by atoms with E-state index >= 15 is 0 Å². The number of methoxy groups -OCH3 is 1. The topological polar surface area (TPSA) is 55.6 Å². The highest BCUT2D eigenvalue weighted by molar-refractivity contribution is 5.80. The van der Waals surface area contributed by atoms with Gasteiger partial charge in [-0.25, -0.2) is 0 Å². The van der Waals surface area contributed by atoms with Crippen molar-refractivity contribution in [1.82, 2.24) is 4.90 Å². The van der Waals surface area contributed by atoms with Crippen LogP contribution in [0.5, 0.6) is 0 Å². The minimum Gasteiger partial charge on any atom is -0.384 e. The predicted molar refractivity (Wildman–Crippen MR) is 66.5 cm³/mol. The Labute approximate surface area is 103 Å². The van der Waals surface area contributed by atoms with Gasteiger partial charge in [-0.3, -0.25) is 4.79 Å². The summed E-state index contributed by atoms with van der Waals surface area (Å²) in [5.74, 6) is 0.877. The molecular weight excluding hydrogens is 216 g/mol. The minimum atomic E-state index is 0.0799. The predicted octanol–water partition coefficient (Wildman–Crippen LogP) is 0.999. The van der Waals surface area contributed by atoms with E-state index in [1.54, 1.807) is 7.11 Å². The molecule has 1 amide bonds. The monoisotopic (exact) mass is 240 g/mol. The summed E-state index contributed by atoms with van der Waals surface area (Å²) in [5, 5.41) is 0. The van der Waals surface area contributed by atoms with E-state index in [1.165, 1.54) is 6.42 Å². The Kier molecular flexibility index (Phi) is 4.40. The molecule has 4 nitrogen and oxygen atoms in total. The lowest BCUT2D eigenvalue weighted by molar-refractivity contribution is -0.138. The molecule has 0 aromatic heterocycles. The molecule has 17 heavy (non-hydrogen) atoms. The van der Waals surface area contributed by atoms with E-state index < -0.39 is 0 Å². The van der Waals surface area contributed by atoms with Gasteiger partial charge in [0, 0.05) is 26.2 Å². The van der Waals surface area contributed by atoms with E-state index in [4.69, 9.17) is 10.5 Å². The molecule has 1 aliphatic heterocycles. The zero-order chi connectivity index (χ0) is 12.3. The van der Waals surface area contributed by atoms with Crippen LogP contribution in [0.25, 0.3) is 0 Å². The maximum Gasteiger partial charge on any atom is 0.227 e. The van der Waals surface area contributed by atoms with Crippen molar-refractivity contribution < 1.29 is 9.53 Å². The van der Waals surface area contributed by atoms with Crippen LogP contribution in [0, 0.1) is 11.8 Å². The van der Waals surface area contributed by atoms with Crippen LogP contribution in [-0.2, 0) is 9.53 Å². The van der Waals surface area contributed by atoms with Gasteiger partial charge in [-0.05, 0) is 31.6 Å². The molecule has 3 atom stereocenters. The van der Waals surface area contributed by atoms with Crippen molar-refractivity contribution in [3.05, 3.63) is 0 Å². The van der Waals surface area contributed by atoms with Gasteiger partial charge in [-0.1, -0.05) is 6.42 Å². The molecule has 0 unspecified atom stereocenters. The lowest BCUT2D eigenvalue weighted by Crippen LogP contribution is -2.46. The number of carbonyl (C=O) groups is 1. The molecule has 1 aliphatic carbocycles. The van der Waals surface area contributed by atoms with Crippen molar-refractivity contribution in [3.63, 3.8) is 0 Å². The van der Waals surface area contributed by atoms with Crippen molar-refractivity contribution >= 4 is 5.91 Å². The Morgan fingerprint density at radius 3 is 2.82 bits per heavy atom. The largest absolute Gasteiger partial charge is 0.384 e. The first-order valence-corrected chi connectivity index (χ1v) is 6.75. The number of hydrogen-bond acceptors (Lipinski definition) is 3. The molecule has 4 heteroatoms. The fourth-order valence-corrected chi connectivity index (χ4v) is 3.17. The maximum atomic E-state index is 12.4. The summed E-state index contributed by atoms with van der Waals surface area (Å²) in [4.78, 5) is 14.4. The molecule has 2 N–H and O–H groups in total. The first-order chi connectivity index (χ1) is 8.22. The molecule has 98 valence electrons. The second-order valence-electron chi connectivity index (χ2n) is 5.45. The van der Waals surface area contributed by atoms with E-state index in [9.17, 15) is 4.79 Å². The molecule has 0 spiro atoms. The first kappa shape index (κ1) is 12.8. The summed E-state index contributed by atoms with van der Waals surface area (Å²) in [6, 6.07) is 0.0882. The van der Waals surface area contributed by atoms with E-state index in [2.05, 4.69) is 0 Å². The summed E-state index contributed by atoms with van der Waals surface area (Å²) in [5.41, 5.74) is 6.01.